The van der Waals surface area contributed by atoms with Crippen LogP contribution in [0, 0.1) is 0 Å². The van der Waals surface area contributed by atoms with E-state index in [1.165, 1.54) is 6.20 Å². The smallest absolute Gasteiger partial charge is 0.344 e. The van der Waals surface area contributed by atoms with Crippen LogP contribution < -0.4 is 5.69 Å². The van der Waals surface area contributed by atoms with E-state index in [4.69, 9.17) is 4.74 Å². The minimum absolute atomic E-state index is 0.00459. The van der Waals surface area contributed by atoms with Crippen LogP contribution in [-0.2, 0) is 4.74 Å². The van der Waals surface area contributed by atoms with Crippen molar-refractivity contribution >= 4 is 5.91 Å². The van der Waals surface area contributed by atoms with E-state index in [0.29, 0.717) is 25.3 Å². The lowest BCUT2D eigenvalue weighted by Gasteiger charge is -2.21. The van der Waals surface area contributed by atoms with Gasteiger partial charge in [-0.15, -0.1) is 0 Å². The third-order valence-electron chi connectivity index (χ3n) is 3.48. The highest BCUT2D eigenvalue weighted by molar-refractivity contribution is 5.94. The maximum atomic E-state index is 12.5. The van der Waals surface area contributed by atoms with Gasteiger partial charge in [0.05, 0.1) is 6.61 Å². The van der Waals surface area contributed by atoms with E-state index < -0.39 is 0 Å². The Morgan fingerprint density at radius 2 is 1.96 bits per heavy atom. The summed E-state index contributed by atoms with van der Waals surface area (Å²) in [7, 11) is 1.63. The predicted molar refractivity (Wildman–Crippen MR) is 88.4 cm³/mol. The Labute approximate surface area is 135 Å². The van der Waals surface area contributed by atoms with Crippen LogP contribution in [0.5, 0.6) is 0 Å². The molecule has 0 aliphatic carbocycles. The number of benzene rings is 1. The molecule has 2 rings (SSSR count). The number of ether oxygens (including phenoxy) is 1. The first kappa shape index (κ1) is 16.9. The van der Waals surface area contributed by atoms with E-state index in [1.54, 1.807) is 30.3 Å². The Balaban J connectivity index is 2.15. The van der Waals surface area contributed by atoms with Gasteiger partial charge >= 0.3 is 5.69 Å². The summed E-state index contributed by atoms with van der Waals surface area (Å²) in [5.41, 5.74) is 1.95. The Kier molecular flexibility index (Phi) is 6.05. The molecule has 1 amide bonds. The average molecular weight is 315 g/mol. The summed E-state index contributed by atoms with van der Waals surface area (Å²) in [6, 6.07) is 7.28. The molecule has 1 aromatic heterocycles. The molecule has 0 aliphatic rings. The highest BCUT2D eigenvalue weighted by atomic mass is 16.5. The van der Waals surface area contributed by atoms with Crippen LogP contribution in [0.2, 0.25) is 0 Å². The molecule has 1 heterocycles. The molecule has 0 saturated carbocycles. The quantitative estimate of drug-likeness (QED) is 0.847. The van der Waals surface area contributed by atoms with Gasteiger partial charge in [-0.25, -0.2) is 9.78 Å². The number of H-pyrrole nitrogens is 1. The van der Waals surface area contributed by atoms with Crippen LogP contribution in [0.3, 0.4) is 0 Å². The SMILES string of the molecule is CCCN(CCOC)C(=O)c1ccc(-c2cnc(=O)[nH]c2)cc1. The Morgan fingerprint density at radius 3 is 2.52 bits per heavy atom. The molecule has 0 unspecified atom stereocenters. The monoisotopic (exact) mass is 315 g/mol. The summed E-state index contributed by atoms with van der Waals surface area (Å²) in [5, 5.41) is 0. The van der Waals surface area contributed by atoms with E-state index in [9.17, 15) is 9.59 Å². The maximum absolute atomic E-state index is 12.5. The van der Waals surface area contributed by atoms with Gasteiger partial charge in [0.15, 0.2) is 0 Å². The fourth-order valence-electron chi connectivity index (χ4n) is 2.27. The lowest BCUT2D eigenvalue weighted by molar-refractivity contribution is 0.0695. The molecule has 23 heavy (non-hydrogen) atoms. The molecule has 0 atom stereocenters. The molecule has 0 saturated heterocycles. The number of methoxy groups -OCH3 is 1. The highest BCUT2D eigenvalue weighted by Gasteiger charge is 2.14. The minimum Gasteiger partial charge on any atom is -0.383 e. The van der Waals surface area contributed by atoms with Crippen molar-refractivity contribution in [3.05, 3.63) is 52.7 Å². The van der Waals surface area contributed by atoms with Gasteiger partial charge < -0.3 is 14.6 Å². The molecule has 0 aliphatic heterocycles. The number of rotatable bonds is 7. The number of aromatic nitrogens is 2. The molecule has 6 nitrogen and oxygen atoms in total. The van der Waals surface area contributed by atoms with Crippen molar-refractivity contribution in [2.24, 2.45) is 0 Å². The van der Waals surface area contributed by atoms with Crippen molar-refractivity contribution in [1.29, 1.82) is 0 Å². The van der Waals surface area contributed by atoms with Crippen LogP contribution >= 0.6 is 0 Å². The number of carbonyl (C=O) groups excluding carboxylic acids is 1. The molecule has 2 aromatic rings. The van der Waals surface area contributed by atoms with E-state index in [2.05, 4.69) is 9.97 Å². The second kappa shape index (κ2) is 8.24. The molecule has 1 aromatic carbocycles. The van der Waals surface area contributed by atoms with E-state index in [0.717, 1.165) is 17.5 Å². The van der Waals surface area contributed by atoms with E-state index in [-0.39, 0.29) is 11.6 Å². The molecule has 0 fully saturated rings. The normalized spacial score (nSPS) is 10.5. The zero-order chi connectivity index (χ0) is 16.7. The average Bonchev–Trinajstić information content (AvgIpc) is 2.59. The fourth-order valence-corrected chi connectivity index (χ4v) is 2.27. The number of nitrogens with one attached hydrogen (secondary N) is 1. The Morgan fingerprint density at radius 1 is 1.22 bits per heavy atom. The molecule has 0 spiro atoms. The molecular weight excluding hydrogens is 294 g/mol. The fraction of sp³-hybridized carbons (Fsp3) is 0.353. The van der Waals surface area contributed by atoms with Gasteiger partial charge in [-0.1, -0.05) is 19.1 Å². The summed E-state index contributed by atoms with van der Waals surface area (Å²) in [6.45, 7) is 3.84. The third kappa shape index (κ3) is 4.50. The second-order valence-corrected chi connectivity index (χ2v) is 5.17. The van der Waals surface area contributed by atoms with Crippen molar-refractivity contribution in [2.45, 2.75) is 13.3 Å². The first-order valence-corrected chi connectivity index (χ1v) is 7.59. The summed E-state index contributed by atoms with van der Waals surface area (Å²) in [4.78, 5) is 31.6. The molecule has 0 bridgehead atoms. The van der Waals surface area contributed by atoms with Crippen molar-refractivity contribution in [3.63, 3.8) is 0 Å². The van der Waals surface area contributed by atoms with Gasteiger partial charge in [0, 0.05) is 43.7 Å². The van der Waals surface area contributed by atoms with E-state index in [1.807, 2.05) is 19.1 Å². The van der Waals surface area contributed by atoms with Crippen LogP contribution in [0.1, 0.15) is 23.7 Å². The van der Waals surface area contributed by atoms with Crippen molar-refractivity contribution in [3.8, 4) is 11.1 Å². The molecule has 1 N–H and O–H groups in total. The van der Waals surface area contributed by atoms with Crippen LogP contribution in [0.4, 0.5) is 0 Å². The first-order chi connectivity index (χ1) is 11.2. The van der Waals surface area contributed by atoms with Crippen LogP contribution in [-0.4, -0.2) is 47.6 Å². The molecule has 122 valence electrons. The standard InChI is InChI=1S/C17H21N3O3/c1-3-8-20(9-10-23-2)16(21)14-6-4-13(5-7-14)15-11-18-17(22)19-12-15/h4-7,11-12H,3,8-10H2,1-2H3,(H,18,19,22). The van der Waals surface area contributed by atoms with Gasteiger partial charge in [0.2, 0.25) is 0 Å². The largest absolute Gasteiger partial charge is 0.383 e. The Hall–Kier alpha value is -2.47. The summed E-state index contributed by atoms with van der Waals surface area (Å²) >= 11 is 0. The van der Waals surface area contributed by atoms with Gasteiger partial charge in [-0.05, 0) is 24.1 Å². The summed E-state index contributed by atoms with van der Waals surface area (Å²) in [5.74, 6) is -0.00459. The lowest BCUT2D eigenvalue weighted by Crippen LogP contribution is -2.34. The third-order valence-corrected chi connectivity index (χ3v) is 3.48. The number of amides is 1. The van der Waals surface area contributed by atoms with Gasteiger partial charge in [-0.3, -0.25) is 4.79 Å². The van der Waals surface area contributed by atoms with E-state index >= 15 is 0 Å². The lowest BCUT2D eigenvalue weighted by atomic mass is 10.1. The molecule has 6 heteroatoms. The van der Waals surface area contributed by atoms with Crippen molar-refractivity contribution in [1.82, 2.24) is 14.9 Å². The zero-order valence-electron chi connectivity index (χ0n) is 13.4. The summed E-state index contributed by atoms with van der Waals surface area (Å²) in [6.07, 6.45) is 4.02. The first-order valence-electron chi connectivity index (χ1n) is 7.59. The van der Waals surface area contributed by atoms with Gasteiger partial charge in [-0.2, -0.15) is 0 Å². The molecular formula is C17H21N3O3. The zero-order valence-corrected chi connectivity index (χ0v) is 13.4. The number of aromatic amines is 1. The van der Waals surface area contributed by atoms with Crippen LogP contribution in [0.15, 0.2) is 41.5 Å². The second-order valence-electron chi connectivity index (χ2n) is 5.17. The van der Waals surface area contributed by atoms with Crippen LogP contribution in [0.25, 0.3) is 11.1 Å². The molecule has 0 radical (unpaired) electrons. The van der Waals surface area contributed by atoms with Crippen molar-refractivity contribution in [2.75, 3.05) is 26.8 Å². The topological polar surface area (TPSA) is 75.3 Å². The van der Waals surface area contributed by atoms with Gasteiger partial charge in [0.1, 0.15) is 0 Å². The number of hydrogen-bond donors (Lipinski definition) is 1. The highest BCUT2D eigenvalue weighted by Crippen LogP contribution is 2.18. The predicted octanol–water partition coefficient (Wildman–Crippen LogP) is 1.94. The number of hydrogen-bond acceptors (Lipinski definition) is 4. The Bertz CT molecular complexity index is 674. The van der Waals surface area contributed by atoms with Gasteiger partial charge in [0.25, 0.3) is 5.91 Å². The summed E-state index contributed by atoms with van der Waals surface area (Å²) < 4.78 is 5.06. The number of nitrogens with zero attached hydrogens (tertiary/aromatic N) is 2. The number of carbonyl (C=O) groups is 1. The van der Waals surface area contributed by atoms with Crippen molar-refractivity contribution < 1.29 is 9.53 Å². The maximum Gasteiger partial charge on any atom is 0.344 e. The minimum atomic E-state index is -0.381.